The first-order chi connectivity index (χ1) is 13.9. The van der Waals surface area contributed by atoms with Gasteiger partial charge in [0.25, 0.3) is 10.0 Å². The third-order valence-electron chi connectivity index (χ3n) is 4.91. The lowest BCUT2D eigenvalue weighted by molar-refractivity contribution is -0.137. The minimum absolute atomic E-state index is 0.0752. The van der Waals surface area contributed by atoms with Gasteiger partial charge in [0.2, 0.25) is 5.91 Å². The molecule has 30 heavy (non-hydrogen) atoms. The summed E-state index contributed by atoms with van der Waals surface area (Å²) in [6.45, 7) is 2.00. The van der Waals surface area contributed by atoms with E-state index < -0.39 is 21.8 Å². The Morgan fingerprint density at radius 3 is 2.43 bits per heavy atom. The standard InChI is InChI=1S/C20H22F3N3O3S/c1-13(27)26-10-4-5-14-11-16(7-9-18(14)26)30(28,29)24-17-12-15(20(21,22)23)6-8-19(17)25(2)3/h6-9,11-12,24H,4-5,10H2,1-3H3. The van der Waals surface area contributed by atoms with Crippen LogP contribution in [-0.2, 0) is 27.4 Å². The predicted octanol–water partition coefficient (Wildman–Crippen LogP) is 3.87. The van der Waals surface area contributed by atoms with Crippen molar-refractivity contribution in [3.63, 3.8) is 0 Å². The molecule has 0 saturated carbocycles. The van der Waals surface area contributed by atoms with Gasteiger partial charge in [0.05, 0.1) is 21.8 Å². The summed E-state index contributed by atoms with van der Waals surface area (Å²) >= 11 is 0. The number of anilines is 3. The monoisotopic (exact) mass is 441 g/mol. The largest absolute Gasteiger partial charge is 0.416 e. The van der Waals surface area contributed by atoms with Crippen LogP contribution >= 0.6 is 0 Å². The van der Waals surface area contributed by atoms with Crippen molar-refractivity contribution in [2.24, 2.45) is 0 Å². The van der Waals surface area contributed by atoms with E-state index in [1.807, 2.05) is 0 Å². The highest BCUT2D eigenvalue weighted by Crippen LogP contribution is 2.36. The molecule has 10 heteroatoms. The number of benzene rings is 2. The van der Waals surface area contributed by atoms with E-state index in [9.17, 15) is 26.4 Å². The van der Waals surface area contributed by atoms with Gasteiger partial charge in [-0.15, -0.1) is 0 Å². The van der Waals surface area contributed by atoms with Gasteiger partial charge >= 0.3 is 6.18 Å². The molecule has 1 heterocycles. The molecule has 0 aromatic heterocycles. The van der Waals surface area contributed by atoms with E-state index in [2.05, 4.69) is 4.72 Å². The van der Waals surface area contributed by atoms with Crippen molar-refractivity contribution in [2.75, 3.05) is 35.2 Å². The molecule has 1 amide bonds. The highest BCUT2D eigenvalue weighted by molar-refractivity contribution is 7.92. The molecule has 6 nitrogen and oxygen atoms in total. The van der Waals surface area contributed by atoms with Gasteiger partial charge in [-0.2, -0.15) is 13.2 Å². The van der Waals surface area contributed by atoms with Gasteiger partial charge in [0.1, 0.15) is 0 Å². The number of halogens is 3. The Morgan fingerprint density at radius 1 is 1.13 bits per heavy atom. The summed E-state index contributed by atoms with van der Waals surface area (Å²) < 4.78 is 67.6. The first kappa shape index (κ1) is 21.9. The number of fused-ring (bicyclic) bond motifs is 1. The van der Waals surface area contributed by atoms with E-state index in [1.165, 1.54) is 30.0 Å². The number of hydrogen-bond acceptors (Lipinski definition) is 4. The van der Waals surface area contributed by atoms with Crippen LogP contribution in [-0.4, -0.2) is 35.0 Å². The molecule has 0 aliphatic carbocycles. The van der Waals surface area contributed by atoms with E-state index in [-0.39, 0.29) is 16.5 Å². The minimum atomic E-state index is -4.60. The summed E-state index contributed by atoms with van der Waals surface area (Å²) in [6.07, 6.45) is -3.30. The maximum atomic E-state index is 13.1. The van der Waals surface area contributed by atoms with Crippen LogP contribution in [0.4, 0.5) is 30.2 Å². The highest BCUT2D eigenvalue weighted by Gasteiger charge is 2.32. The molecule has 0 fully saturated rings. The fraction of sp³-hybridized carbons (Fsp3) is 0.350. The maximum Gasteiger partial charge on any atom is 0.416 e. The lowest BCUT2D eigenvalue weighted by atomic mass is 10.0. The van der Waals surface area contributed by atoms with Crippen LogP contribution < -0.4 is 14.5 Å². The zero-order valence-corrected chi connectivity index (χ0v) is 17.6. The topological polar surface area (TPSA) is 69.7 Å². The van der Waals surface area contributed by atoms with Gasteiger partial charge in [-0.05, 0) is 54.8 Å². The Hall–Kier alpha value is -2.75. The number of alkyl halides is 3. The molecule has 3 rings (SSSR count). The zero-order valence-electron chi connectivity index (χ0n) is 16.7. The van der Waals surface area contributed by atoms with Crippen molar-refractivity contribution in [3.05, 3.63) is 47.5 Å². The Labute approximate surface area is 173 Å². The lowest BCUT2D eigenvalue weighted by Crippen LogP contribution is -2.33. The number of rotatable bonds is 4. The van der Waals surface area contributed by atoms with Crippen LogP contribution in [0.15, 0.2) is 41.3 Å². The number of carbonyl (C=O) groups excluding carboxylic acids is 1. The number of nitrogens with one attached hydrogen (secondary N) is 1. The summed E-state index contributed by atoms with van der Waals surface area (Å²) in [5.41, 5.74) is 0.537. The van der Waals surface area contributed by atoms with Crippen LogP contribution in [0.2, 0.25) is 0 Å². The van der Waals surface area contributed by atoms with Crippen LogP contribution in [0.3, 0.4) is 0 Å². The van der Waals surface area contributed by atoms with E-state index in [1.54, 1.807) is 25.1 Å². The van der Waals surface area contributed by atoms with Crippen LogP contribution in [0, 0.1) is 0 Å². The quantitative estimate of drug-likeness (QED) is 0.782. The number of hydrogen-bond donors (Lipinski definition) is 1. The molecule has 1 aliphatic rings. The maximum absolute atomic E-state index is 13.1. The molecule has 0 unspecified atom stereocenters. The van der Waals surface area contributed by atoms with E-state index in [0.29, 0.717) is 36.3 Å². The van der Waals surface area contributed by atoms with Gasteiger partial charge in [0.15, 0.2) is 0 Å². The SMILES string of the molecule is CC(=O)N1CCCc2cc(S(=O)(=O)Nc3cc(C(F)(F)F)ccc3N(C)C)ccc21. The van der Waals surface area contributed by atoms with Gasteiger partial charge in [0, 0.05) is 33.3 Å². The Bertz CT molecular complexity index is 1080. The van der Waals surface area contributed by atoms with Crippen LogP contribution in [0.1, 0.15) is 24.5 Å². The number of amides is 1. The van der Waals surface area contributed by atoms with Crippen molar-refractivity contribution in [3.8, 4) is 0 Å². The molecule has 2 aromatic carbocycles. The van der Waals surface area contributed by atoms with Gasteiger partial charge in [-0.1, -0.05) is 0 Å². The second-order valence-electron chi connectivity index (χ2n) is 7.29. The van der Waals surface area contributed by atoms with E-state index in [0.717, 1.165) is 12.1 Å². The van der Waals surface area contributed by atoms with Crippen molar-refractivity contribution in [2.45, 2.75) is 30.8 Å². The van der Waals surface area contributed by atoms with Crippen molar-refractivity contribution >= 4 is 33.0 Å². The lowest BCUT2D eigenvalue weighted by Gasteiger charge is -2.29. The zero-order chi connectivity index (χ0) is 22.3. The molecule has 0 saturated heterocycles. The molecule has 1 aliphatic heterocycles. The summed E-state index contributed by atoms with van der Waals surface area (Å²) in [7, 11) is -0.937. The molecule has 162 valence electrons. The number of aryl methyl sites for hydroxylation is 1. The molecule has 1 N–H and O–H groups in total. The highest BCUT2D eigenvalue weighted by atomic mass is 32.2. The predicted molar refractivity (Wildman–Crippen MR) is 109 cm³/mol. The normalized spacial score (nSPS) is 14.3. The molecule has 0 bridgehead atoms. The summed E-state index contributed by atoms with van der Waals surface area (Å²) in [4.78, 5) is 14.8. The number of nitrogens with zero attached hydrogens (tertiary/aromatic N) is 2. The van der Waals surface area contributed by atoms with Crippen molar-refractivity contribution < 1.29 is 26.4 Å². The number of carbonyl (C=O) groups is 1. The van der Waals surface area contributed by atoms with Crippen LogP contribution in [0.25, 0.3) is 0 Å². The van der Waals surface area contributed by atoms with E-state index >= 15 is 0 Å². The third-order valence-corrected chi connectivity index (χ3v) is 6.27. The Morgan fingerprint density at radius 2 is 1.83 bits per heavy atom. The first-order valence-corrected chi connectivity index (χ1v) is 10.7. The van der Waals surface area contributed by atoms with Gasteiger partial charge < -0.3 is 9.80 Å². The van der Waals surface area contributed by atoms with Crippen LogP contribution in [0.5, 0.6) is 0 Å². The van der Waals surface area contributed by atoms with Gasteiger partial charge in [-0.3, -0.25) is 9.52 Å². The smallest absolute Gasteiger partial charge is 0.376 e. The molecular weight excluding hydrogens is 419 g/mol. The first-order valence-electron chi connectivity index (χ1n) is 9.22. The second-order valence-corrected chi connectivity index (χ2v) is 8.98. The molecule has 0 atom stereocenters. The van der Waals surface area contributed by atoms with E-state index in [4.69, 9.17) is 0 Å². The fourth-order valence-corrected chi connectivity index (χ4v) is 4.57. The minimum Gasteiger partial charge on any atom is -0.376 e. The average molecular weight is 441 g/mol. The molecule has 0 radical (unpaired) electrons. The summed E-state index contributed by atoms with van der Waals surface area (Å²) in [5, 5.41) is 0. The fourth-order valence-electron chi connectivity index (χ4n) is 3.46. The Balaban J connectivity index is 2.00. The Kier molecular flexibility index (Phi) is 5.72. The van der Waals surface area contributed by atoms with Gasteiger partial charge in [-0.25, -0.2) is 8.42 Å². The van der Waals surface area contributed by atoms with Crippen molar-refractivity contribution in [1.29, 1.82) is 0 Å². The van der Waals surface area contributed by atoms with Crippen molar-refractivity contribution in [1.82, 2.24) is 0 Å². The average Bonchev–Trinajstić information content (AvgIpc) is 2.65. The summed E-state index contributed by atoms with van der Waals surface area (Å²) in [5.74, 6) is -0.135. The second kappa shape index (κ2) is 7.82. The molecular formula is C20H22F3N3O3S. The number of sulfonamides is 1. The molecule has 0 spiro atoms. The molecule has 2 aromatic rings. The third kappa shape index (κ3) is 4.38. The summed E-state index contributed by atoms with van der Waals surface area (Å²) in [6, 6.07) is 7.29.